The average molecular weight is 199 g/mol. The lowest BCUT2D eigenvalue weighted by molar-refractivity contribution is 0.600. The number of rotatable bonds is 4. The first-order valence-electron chi connectivity index (χ1n) is 4.33. The van der Waals surface area contributed by atoms with Gasteiger partial charge < -0.3 is 5.73 Å². The third-order valence-electron chi connectivity index (χ3n) is 1.84. The molecular formula is C10H14FNS. The predicted molar refractivity (Wildman–Crippen MR) is 56.1 cm³/mol. The van der Waals surface area contributed by atoms with Crippen molar-refractivity contribution in [3.05, 3.63) is 35.1 Å². The van der Waals surface area contributed by atoms with Gasteiger partial charge in [0.1, 0.15) is 5.82 Å². The SMILES string of the molecule is CCSCc1cccc(CN)c1F. The molecule has 0 saturated carbocycles. The Morgan fingerprint density at radius 3 is 2.69 bits per heavy atom. The van der Waals surface area contributed by atoms with E-state index < -0.39 is 0 Å². The van der Waals surface area contributed by atoms with Crippen molar-refractivity contribution in [1.82, 2.24) is 0 Å². The van der Waals surface area contributed by atoms with Gasteiger partial charge in [-0.3, -0.25) is 0 Å². The van der Waals surface area contributed by atoms with Crippen LogP contribution in [0.2, 0.25) is 0 Å². The fraction of sp³-hybridized carbons (Fsp3) is 0.400. The second-order valence-corrected chi connectivity index (χ2v) is 4.01. The zero-order chi connectivity index (χ0) is 9.68. The summed E-state index contributed by atoms with van der Waals surface area (Å²) < 4.78 is 13.5. The van der Waals surface area contributed by atoms with Crippen LogP contribution in [0.15, 0.2) is 18.2 Å². The van der Waals surface area contributed by atoms with Gasteiger partial charge in [0.25, 0.3) is 0 Å². The van der Waals surface area contributed by atoms with E-state index in [1.54, 1.807) is 17.8 Å². The number of halogens is 1. The van der Waals surface area contributed by atoms with Crippen LogP contribution in [0, 0.1) is 5.82 Å². The quantitative estimate of drug-likeness (QED) is 0.806. The lowest BCUT2D eigenvalue weighted by atomic mass is 10.1. The van der Waals surface area contributed by atoms with Crippen molar-refractivity contribution in [2.45, 2.75) is 19.2 Å². The summed E-state index contributed by atoms with van der Waals surface area (Å²) in [5.41, 5.74) is 6.77. The molecule has 0 spiro atoms. The van der Waals surface area contributed by atoms with Gasteiger partial charge in [0.15, 0.2) is 0 Å². The molecule has 0 aliphatic carbocycles. The molecule has 0 aromatic heterocycles. The zero-order valence-corrected chi connectivity index (χ0v) is 8.53. The van der Waals surface area contributed by atoms with Crippen molar-refractivity contribution in [3.63, 3.8) is 0 Å². The average Bonchev–Trinajstić information content (AvgIpc) is 2.16. The summed E-state index contributed by atoms with van der Waals surface area (Å²) in [6.07, 6.45) is 0. The van der Waals surface area contributed by atoms with Crippen molar-refractivity contribution in [2.24, 2.45) is 5.73 Å². The van der Waals surface area contributed by atoms with Gasteiger partial charge in [0.05, 0.1) is 0 Å². The van der Waals surface area contributed by atoms with Crippen molar-refractivity contribution in [3.8, 4) is 0 Å². The summed E-state index contributed by atoms with van der Waals surface area (Å²) in [6.45, 7) is 2.34. The van der Waals surface area contributed by atoms with Crippen LogP contribution >= 0.6 is 11.8 Å². The van der Waals surface area contributed by atoms with E-state index in [9.17, 15) is 4.39 Å². The van der Waals surface area contributed by atoms with Gasteiger partial charge in [-0.2, -0.15) is 11.8 Å². The molecule has 0 bridgehead atoms. The van der Waals surface area contributed by atoms with Gasteiger partial charge >= 0.3 is 0 Å². The fourth-order valence-electron chi connectivity index (χ4n) is 1.11. The lowest BCUT2D eigenvalue weighted by Gasteiger charge is -2.05. The van der Waals surface area contributed by atoms with E-state index in [0.717, 1.165) is 17.1 Å². The molecule has 0 aliphatic rings. The summed E-state index contributed by atoms with van der Waals surface area (Å²) in [7, 11) is 0. The van der Waals surface area contributed by atoms with E-state index in [1.807, 2.05) is 12.1 Å². The molecule has 1 aromatic carbocycles. The van der Waals surface area contributed by atoms with E-state index >= 15 is 0 Å². The molecule has 1 nitrogen and oxygen atoms in total. The Morgan fingerprint density at radius 2 is 2.08 bits per heavy atom. The highest BCUT2D eigenvalue weighted by Crippen LogP contribution is 2.18. The number of benzene rings is 1. The summed E-state index contributed by atoms with van der Waals surface area (Å²) in [5.74, 6) is 1.61. The van der Waals surface area contributed by atoms with Gasteiger partial charge in [0, 0.05) is 17.9 Å². The molecule has 0 saturated heterocycles. The number of thioether (sulfide) groups is 1. The second-order valence-electron chi connectivity index (χ2n) is 2.73. The number of hydrogen-bond acceptors (Lipinski definition) is 2. The first kappa shape index (κ1) is 10.5. The largest absolute Gasteiger partial charge is 0.326 e. The molecule has 13 heavy (non-hydrogen) atoms. The minimum Gasteiger partial charge on any atom is -0.326 e. The van der Waals surface area contributed by atoms with E-state index in [2.05, 4.69) is 6.92 Å². The van der Waals surface area contributed by atoms with Crippen LogP contribution in [0.4, 0.5) is 4.39 Å². The van der Waals surface area contributed by atoms with Crippen LogP contribution in [-0.2, 0) is 12.3 Å². The first-order valence-corrected chi connectivity index (χ1v) is 5.49. The standard InChI is InChI=1S/C10H14FNS/c1-2-13-7-9-5-3-4-8(6-12)10(9)11/h3-5H,2,6-7,12H2,1H3. The van der Waals surface area contributed by atoms with Crippen LogP contribution in [0.3, 0.4) is 0 Å². The molecule has 0 atom stereocenters. The van der Waals surface area contributed by atoms with E-state index in [-0.39, 0.29) is 12.4 Å². The van der Waals surface area contributed by atoms with Crippen molar-refractivity contribution < 1.29 is 4.39 Å². The van der Waals surface area contributed by atoms with Crippen molar-refractivity contribution in [2.75, 3.05) is 5.75 Å². The Kier molecular flexibility index (Phi) is 4.25. The van der Waals surface area contributed by atoms with E-state index in [4.69, 9.17) is 5.73 Å². The van der Waals surface area contributed by atoms with E-state index in [1.165, 1.54) is 0 Å². The first-order chi connectivity index (χ1) is 6.29. The summed E-state index contributed by atoms with van der Waals surface area (Å²) in [4.78, 5) is 0. The molecular weight excluding hydrogens is 185 g/mol. The minimum atomic E-state index is -0.133. The number of hydrogen-bond donors (Lipinski definition) is 1. The molecule has 0 amide bonds. The third kappa shape index (κ3) is 2.71. The zero-order valence-electron chi connectivity index (χ0n) is 7.72. The summed E-state index contributed by atoms with van der Waals surface area (Å²) in [5, 5.41) is 0. The maximum absolute atomic E-state index is 13.5. The molecule has 3 heteroatoms. The maximum atomic E-state index is 13.5. The third-order valence-corrected chi connectivity index (χ3v) is 2.76. The highest BCUT2D eigenvalue weighted by molar-refractivity contribution is 7.98. The Balaban J connectivity index is 2.81. The summed E-state index contributed by atoms with van der Waals surface area (Å²) >= 11 is 1.71. The normalized spacial score (nSPS) is 10.4. The van der Waals surface area contributed by atoms with Crippen LogP contribution in [0.5, 0.6) is 0 Å². The summed E-state index contributed by atoms with van der Waals surface area (Å²) in [6, 6.07) is 5.41. The van der Waals surface area contributed by atoms with Crippen LogP contribution in [-0.4, -0.2) is 5.75 Å². The Morgan fingerprint density at radius 1 is 1.38 bits per heavy atom. The molecule has 0 unspecified atom stereocenters. The maximum Gasteiger partial charge on any atom is 0.131 e. The van der Waals surface area contributed by atoms with Crippen LogP contribution in [0.1, 0.15) is 18.1 Å². The van der Waals surface area contributed by atoms with E-state index in [0.29, 0.717) is 5.56 Å². The van der Waals surface area contributed by atoms with Gasteiger partial charge in [-0.25, -0.2) is 4.39 Å². The molecule has 0 heterocycles. The Hall–Kier alpha value is -0.540. The molecule has 2 N–H and O–H groups in total. The highest BCUT2D eigenvalue weighted by Gasteiger charge is 2.05. The van der Waals surface area contributed by atoms with Crippen molar-refractivity contribution >= 4 is 11.8 Å². The van der Waals surface area contributed by atoms with Gasteiger partial charge in [0.2, 0.25) is 0 Å². The topological polar surface area (TPSA) is 26.0 Å². The monoisotopic (exact) mass is 199 g/mol. The van der Waals surface area contributed by atoms with Gasteiger partial charge in [-0.05, 0) is 11.3 Å². The predicted octanol–water partition coefficient (Wildman–Crippen LogP) is 2.54. The fourth-order valence-corrected chi connectivity index (χ4v) is 1.76. The van der Waals surface area contributed by atoms with Crippen LogP contribution in [0.25, 0.3) is 0 Å². The lowest BCUT2D eigenvalue weighted by Crippen LogP contribution is -2.02. The van der Waals surface area contributed by atoms with Gasteiger partial charge in [-0.1, -0.05) is 25.1 Å². The molecule has 0 aliphatic heterocycles. The van der Waals surface area contributed by atoms with Crippen LogP contribution < -0.4 is 5.73 Å². The second kappa shape index (κ2) is 5.25. The minimum absolute atomic E-state index is 0.133. The molecule has 1 rings (SSSR count). The number of nitrogens with two attached hydrogens (primary N) is 1. The Labute approximate surface area is 82.5 Å². The highest BCUT2D eigenvalue weighted by atomic mass is 32.2. The Bertz CT molecular complexity index is 276. The molecule has 0 fully saturated rings. The smallest absolute Gasteiger partial charge is 0.131 e. The van der Waals surface area contributed by atoms with Crippen molar-refractivity contribution in [1.29, 1.82) is 0 Å². The molecule has 1 aromatic rings. The molecule has 0 radical (unpaired) electrons. The molecule has 72 valence electrons. The van der Waals surface area contributed by atoms with Gasteiger partial charge in [-0.15, -0.1) is 0 Å².